The molecule has 0 aliphatic carbocycles. The minimum absolute atomic E-state index is 0.118. The van der Waals surface area contributed by atoms with Crippen LogP contribution in [0.15, 0.2) is 18.2 Å². The van der Waals surface area contributed by atoms with Crippen LogP contribution in [0, 0.1) is 0 Å². The molecule has 136 valence electrons. The first-order chi connectivity index (χ1) is 12.6. The Balaban J connectivity index is 1.58. The number of hydrogen-bond acceptors (Lipinski definition) is 6. The van der Waals surface area contributed by atoms with Crippen molar-refractivity contribution < 1.29 is 19.2 Å². The first-order valence-corrected chi connectivity index (χ1v) is 8.84. The molecule has 2 fully saturated rings. The lowest BCUT2D eigenvalue weighted by molar-refractivity contribution is -0.136. The molecule has 0 aromatic heterocycles. The average molecular weight is 356 g/mol. The molecule has 3 aliphatic rings. The van der Waals surface area contributed by atoms with Gasteiger partial charge in [-0.15, -0.1) is 0 Å². The molecular weight excluding hydrogens is 336 g/mol. The van der Waals surface area contributed by atoms with Gasteiger partial charge in [0.2, 0.25) is 11.8 Å². The summed E-state index contributed by atoms with van der Waals surface area (Å²) in [7, 11) is 0. The van der Waals surface area contributed by atoms with E-state index < -0.39 is 23.8 Å². The SMILES string of the molecule is O=C1CCC(N2C(=O)c3cccc(CN[C@@H]4CCNC4)c3C2=O)C(=O)N1. The summed E-state index contributed by atoms with van der Waals surface area (Å²) >= 11 is 0. The first kappa shape index (κ1) is 16.9. The predicted molar refractivity (Wildman–Crippen MR) is 91.2 cm³/mol. The van der Waals surface area contributed by atoms with Gasteiger partial charge in [-0.05, 0) is 31.0 Å². The molecular formula is C18H20N4O4. The number of carbonyl (C=O) groups excluding carboxylic acids is 4. The van der Waals surface area contributed by atoms with Crippen LogP contribution in [0.4, 0.5) is 0 Å². The van der Waals surface area contributed by atoms with Crippen LogP contribution < -0.4 is 16.0 Å². The molecule has 3 N–H and O–H groups in total. The van der Waals surface area contributed by atoms with E-state index in [9.17, 15) is 19.2 Å². The number of hydrogen-bond donors (Lipinski definition) is 3. The van der Waals surface area contributed by atoms with Crippen molar-refractivity contribution in [1.82, 2.24) is 20.9 Å². The molecule has 2 saturated heterocycles. The van der Waals surface area contributed by atoms with Crippen LogP contribution in [-0.4, -0.2) is 53.7 Å². The maximum Gasteiger partial charge on any atom is 0.262 e. The second-order valence-corrected chi connectivity index (χ2v) is 6.86. The molecule has 1 aromatic carbocycles. The van der Waals surface area contributed by atoms with Crippen LogP contribution >= 0.6 is 0 Å². The van der Waals surface area contributed by atoms with Crippen molar-refractivity contribution in [1.29, 1.82) is 0 Å². The second kappa shape index (κ2) is 6.62. The van der Waals surface area contributed by atoms with E-state index in [1.165, 1.54) is 0 Å². The van der Waals surface area contributed by atoms with Gasteiger partial charge in [0.05, 0.1) is 11.1 Å². The van der Waals surface area contributed by atoms with Crippen LogP contribution in [0.25, 0.3) is 0 Å². The van der Waals surface area contributed by atoms with Gasteiger partial charge in [-0.3, -0.25) is 29.4 Å². The molecule has 0 spiro atoms. The number of amides is 4. The highest BCUT2D eigenvalue weighted by atomic mass is 16.2. The van der Waals surface area contributed by atoms with Crippen LogP contribution in [0.5, 0.6) is 0 Å². The molecule has 1 unspecified atom stereocenters. The standard InChI is InChI=1S/C18H20N4O4/c23-14-5-4-13(16(24)21-14)22-17(25)12-3-1-2-10(15(12)18(22)26)8-20-11-6-7-19-9-11/h1-3,11,13,19-20H,4-9H2,(H,21,23,24)/t11-,13?/m1/s1. The van der Waals surface area contributed by atoms with E-state index in [1.54, 1.807) is 12.1 Å². The van der Waals surface area contributed by atoms with Gasteiger partial charge in [-0.1, -0.05) is 12.1 Å². The Hall–Kier alpha value is -2.58. The minimum Gasteiger partial charge on any atom is -0.315 e. The molecule has 26 heavy (non-hydrogen) atoms. The minimum atomic E-state index is -0.931. The third-order valence-electron chi connectivity index (χ3n) is 5.20. The topological polar surface area (TPSA) is 108 Å². The smallest absolute Gasteiger partial charge is 0.262 e. The first-order valence-electron chi connectivity index (χ1n) is 8.84. The third-order valence-corrected chi connectivity index (χ3v) is 5.20. The number of carbonyl (C=O) groups is 4. The Morgan fingerprint density at radius 3 is 2.69 bits per heavy atom. The molecule has 0 saturated carbocycles. The van der Waals surface area contributed by atoms with Gasteiger partial charge in [0, 0.05) is 25.6 Å². The summed E-state index contributed by atoms with van der Waals surface area (Å²) in [6.45, 7) is 2.33. The number of benzene rings is 1. The van der Waals surface area contributed by atoms with Crippen molar-refractivity contribution in [3.63, 3.8) is 0 Å². The van der Waals surface area contributed by atoms with Gasteiger partial charge >= 0.3 is 0 Å². The molecule has 4 rings (SSSR count). The van der Waals surface area contributed by atoms with E-state index in [-0.39, 0.29) is 18.7 Å². The monoisotopic (exact) mass is 356 g/mol. The van der Waals surface area contributed by atoms with E-state index in [0.29, 0.717) is 23.7 Å². The van der Waals surface area contributed by atoms with Crippen molar-refractivity contribution in [3.8, 4) is 0 Å². The maximum atomic E-state index is 13.0. The van der Waals surface area contributed by atoms with E-state index in [0.717, 1.165) is 30.0 Å². The molecule has 4 amide bonds. The van der Waals surface area contributed by atoms with Crippen LogP contribution in [0.3, 0.4) is 0 Å². The average Bonchev–Trinajstić information content (AvgIpc) is 3.22. The van der Waals surface area contributed by atoms with Crippen molar-refractivity contribution in [2.24, 2.45) is 0 Å². The Morgan fingerprint density at radius 1 is 1.12 bits per heavy atom. The molecule has 3 aliphatic heterocycles. The number of nitrogens with zero attached hydrogens (tertiary/aromatic N) is 1. The summed E-state index contributed by atoms with van der Waals surface area (Å²) in [6.07, 6.45) is 1.30. The highest BCUT2D eigenvalue weighted by Gasteiger charge is 2.45. The van der Waals surface area contributed by atoms with Gasteiger partial charge < -0.3 is 10.6 Å². The van der Waals surface area contributed by atoms with E-state index in [2.05, 4.69) is 16.0 Å². The molecule has 2 atom stereocenters. The van der Waals surface area contributed by atoms with Gasteiger partial charge in [-0.2, -0.15) is 0 Å². The fraction of sp³-hybridized carbons (Fsp3) is 0.444. The zero-order valence-electron chi connectivity index (χ0n) is 14.2. The number of piperidine rings is 1. The van der Waals surface area contributed by atoms with Crippen LogP contribution in [-0.2, 0) is 16.1 Å². The Kier molecular flexibility index (Phi) is 4.29. The van der Waals surface area contributed by atoms with Crippen LogP contribution in [0.1, 0.15) is 45.5 Å². The van der Waals surface area contributed by atoms with Gasteiger partial charge in [0.1, 0.15) is 6.04 Å². The maximum absolute atomic E-state index is 13.0. The molecule has 1 aromatic rings. The summed E-state index contributed by atoms with van der Waals surface area (Å²) in [5.41, 5.74) is 1.44. The Morgan fingerprint density at radius 2 is 1.96 bits per heavy atom. The highest BCUT2D eigenvalue weighted by Crippen LogP contribution is 2.30. The summed E-state index contributed by atoms with van der Waals surface area (Å²) in [6, 6.07) is 4.60. The lowest BCUT2D eigenvalue weighted by Crippen LogP contribution is -2.54. The van der Waals surface area contributed by atoms with Crippen LogP contribution in [0.2, 0.25) is 0 Å². The summed E-state index contributed by atoms with van der Waals surface area (Å²) in [4.78, 5) is 50.2. The van der Waals surface area contributed by atoms with Gasteiger partial charge in [0.25, 0.3) is 11.8 Å². The lowest BCUT2D eigenvalue weighted by Gasteiger charge is -2.27. The molecule has 8 heteroatoms. The molecule has 0 bridgehead atoms. The number of imide groups is 2. The zero-order valence-corrected chi connectivity index (χ0v) is 14.2. The largest absolute Gasteiger partial charge is 0.315 e. The summed E-state index contributed by atoms with van der Waals surface area (Å²) < 4.78 is 0. The molecule has 0 radical (unpaired) electrons. The molecule has 8 nitrogen and oxygen atoms in total. The zero-order chi connectivity index (χ0) is 18.3. The Bertz CT molecular complexity index is 800. The number of nitrogens with one attached hydrogen (secondary N) is 3. The lowest BCUT2D eigenvalue weighted by atomic mass is 10.0. The van der Waals surface area contributed by atoms with E-state index in [4.69, 9.17) is 0 Å². The quantitative estimate of drug-likeness (QED) is 0.630. The fourth-order valence-electron chi connectivity index (χ4n) is 3.82. The number of rotatable bonds is 4. The summed E-state index contributed by atoms with van der Waals surface area (Å²) in [5.74, 6) is -1.89. The van der Waals surface area contributed by atoms with Gasteiger partial charge in [0.15, 0.2) is 0 Å². The van der Waals surface area contributed by atoms with E-state index >= 15 is 0 Å². The fourth-order valence-corrected chi connectivity index (χ4v) is 3.82. The van der Waals surface area contributed by atoms with Crippen molar-refractivity contribution in [2.75, 3.05) is 13.1 Å². The number of fused-ring (bicyclic) bond motifs is 1. The van der Waals surface area contributed by atoms with E-state index in [1.807, 2.05) is 6.07 Å². The second-order valence-electron chi connectivity index (χ2n) is 6.86. The third kappa shape index (κ3) is 2.81. The summed E-state index contributed by atoms with van der Waals surface area (Å²) in [5, 5.41) is 8.88. The van der Waals surface area contributed by atoms with Crippen molar-refractivity contribution in [3.05, 3.63) is 34.9 Å². The highest BCUT2D eigenvalue weighted by molar-refractivity contribution is 6.24. The van der Waals surface area contributed by atoms with Crippen molar-refractivity contribution in [2.45, 2.75) is 37.9 Å². The normalized spacial score (nSPS) is 25.6. The van der Waals surface area contributed by atoms with Crippen molar-refractivity contribution >= 4 is 23.6 Å². The van der Waals surface area contributed by atoms with Gasteiger partial charge in [-0.25, -0.2) is 0 Å². The Labute approximate surface area is 150 Å². The predicted octanol–water partition coefficient (Wildman–Crippen LogP) is -0.461. The molecule has 3 heterocycles.